The number of aliphatic imine (C=N–C) groups is 1. The molecule has 6 heteroatoms. The lowest BCUT2D eigenvalue weighted by molar-refractivity contribution is 0.432. The number of nitrogens with zero attached hydrogens (tertiary/aromatic N) is 3. The number of thiophene rings is 1. The molecule has 2 N–H and O–H groups in total. The summed E-state index contributed by atoms with van der Waals surface area (Å²) in [5.74, 6) is 1.05. The first-order valence-electron chi connectivity index (χ1n) is 9.53. The smallest absolute Gasteiger partial charge is 0.154 e. The number of aromatic nitrogens is 1. The van der Waals surface area contributed by atoms with Gasteiger partial charge in [0.2, 0.25) is 0 Å². The third-order valence-corrected chi connectivity index (χ3v) is 7.06. The zero-order valence-corrected chi connectivity index (χ0v) is 17.4. The Kier molecular flexibility index (Phi) is 6.92. The molecule has 0 aliphatic carbocycles. The SMILES string of the molecule is C[C@]1(c2cc(-c3cncc(C#N)c3)cs2)CCCCCCCCSC(N)=N1. The molecule has 1 aliphatic rings. The Bertz CT molecular complexity index is 837. The Hall–Kier alpha value is -1.84. The summed E-state index contributed by atoms with van der Waals surface area (Å²) in [6.45, 7) is 2.20. The maximum absolute atomic E-state index is 9.12. The van der Waals surface area contributed by atoms with Crippen LogP contribution in [0.1, 0.15) is 62.3 Å². The van der Waals surface area contributed by atoms with Crippen molar-refractivity contribution in [3.8, 4) is 17.2 Å². The van der Waals surface area contributed by atoms with Gasteiger partial charge >= 0.3 is 0 Å². The van der Waals surface area contributed by atoms with Crippen molar-refractivity contribution in [1.82, 2.24) is 4.98 Å². The average molecular weight is 399 g/mol. The molecule has 0 fully saturated rings. The topological polar surface area (TPSA) is 75.1 Å². The van der Waals surface area contributed by atoms with E-state index in [4.69, 9.17) is 16.0 Å². The van der Waals surface area contributed by atoms with E-state index in [1.807, 2.05) is 12.3 Å². The van der Waals surface area contributed by atoms with Crippen LogP contribution in [0.3, 0.4) is 0 Å². The fourth-order valence-electron chi connectivity index (χ4n) is 3.39. The summed E-state index contributed by atoms with van der Waals surface area (Å²) in [6, 6.07) is 6.23. The molecule has 0 saturated carbocycles. The standard InChI is InChI=1S/C21H26N4S2/c1-21(8-6-4-2-3-5-7-9-26-20(23)25-21)19-11-18(15-27-19)17-10-16(12-22)13-24-14-17/h10-11,13-15H,2-9H2,1H3,(H2,23,25)/t21-/m1/s1. The minimum absolute atomic E-state index is 0.292. The summed E-state index contributed by atoms with van der Waals surface area (Å²) < 4.78 is 0. The molecule has 0 saturated heterocycles. The van der Waals surface area contributed by atoms with E-state index in [2.05, 4.69) is 29.4 Å². The van der Waals surface area contributed by atoms with Crippen LogP contribution in [-0.4, -0.2) is 15.9 Å². The monoisotopic (exact) mass is 398 g/mol. The Morgan fingerprint density at radius 1 is 1.07 bits per heavy atom. The molecule has 0 amide bonds. The lowest BCUT2D eigenvalue weighted by atomic mass is 9.92. The van der Waals surface area contributed by atoms with Crippen LogP contribution in [0.2, 0.25) is 0 Å². The first-order chi connectivity index (χ1) is 13.1. The second kappa shape index (κ2) is 9.38. The minimum atomic E-state index is -0.292. The highest BCUT2D eigenvalue weighted by Gasteiger charge is 2.28. The lowest BCUT2D eigenvalue weighted by Crippen LogP contribution is -2.23. The Labute approximate surface area is 169 Å². The normalized spacial score (nSPS) is 22.1. The van der Waals surface area contributed by atoms with E-state index in [0.29, 0.717) is 10.7 Å². The number of pyridine rings is 1. The summed E-state index contributed by atoms with van der Waals surface area (Å²) in [6.07, 6.45) is 12.0. The first kappa shape index (κ1) is 19.9. The zero-order chi connectivity index (χ0) is 19.1. The highest BCUT2D eigenvalue weighted by molar-refractivity contribution is 8.13. The fraction of sp³-hybridized carbons (Fsp3) is 0.476. The molecule has 1 atom stereocenters. The summed E-state index contributed by atoms with van der Waals surface area (Å²) in [7, 11) is 0. The Balaban J connectivity index is 1.88. The van der Waals surface area contributed by atoms with Crippen LogP contribution in [0.5, 0.6) is 0 Å². The van der Waals surface area contributed by atoms with E-state index in [9.17, 15) is 0 Å². The van der Waals surface area contributed by atoms with Gasteiger partial charge in [0, 0.05) is 28.6 Å². The van der Waals surface area contributed by atoms with Crippen molar-refractivity contribution in [2.45, 2.75) is 57.4 Å². The predicted octanol–water partition coefficient (Wildman–Crippen LogP) is 5.69. The largest absolute Gasteiger partial charge is 0.379 e. The molecule has 0 bridgehead atoms. The van der Waals surface area contributed by atoms with E-state index in [1.54, 1.807) is 29.3 Å². The second-order valence-electron chi connectivity index (χ2n) is 7.22. The van der Waals surface area contributed by atoms with Gasteiger partial charge in [-0.05, 0) is 42.8 Å². The maximum atomic E-state index is 9.12. The molecule has 0 unspecified atom stereocenters. The minimum Gasteiger partial charge on any atom is -0.379 e. The van der Waals surface area contributed by atoms with Gasteiger partial charge in [-0.3, -0.25) is 9.98 Å². The number of hydrogen-bond donors (Lipinski definition) is 1. The van der Waals surface area contributed by atoms with Gasteiger partial charge in [0.05, 0.1) is 11.1 Å². The number of nitrogens with two attached hydrogens (primary N) is 1. The highest BCUT2D eigenvalue weighted by Crippen LogP contribution is 2.39. The van der Waals surface area contributed by atoms with Crippen LogP contribution in [0, 0.1) is 11.3 Å². The molecule has 142 valence electrons. The maximum Gasteiger partial charge on any atom is 0.154 e. The summed E-state index contributed by atoms with van der Waals surface area (Å²) in [4.78, 5) is 10.4. The molecule has 0 aromatic carbocycles. The molecule has 0 spiro atoms. The van der Waals surface area contributed by atoms with E-state index >= 15 is 0 Å². The van der Waals surface area contributed by atoms with Crippen molar-refractivity contribution in [2.75, 3.05) is 5.75 Å². The number of hydrogen-bond acceptors (Lipinski definition) is 6. The van der Waals surface area contributed by atoms with Crippen molar-refractivity contribution < 1.29 is 0 Å². The Morgan fingerprint density at radius 2 is 1.85 bits per heavy atom. The van der Waals surface area contributed by atoms with Crippen molar-refractivity contribution in [3.63, 3.8) is 0 Å². The van der Waals surface area contributed by atoms with Crippen LogP contribution in [0.15, 0.2) is 34.9 Å². The number of amidine groups is 1. The molecule has 2 aromatic heterocycles. The van der Waals surface area contributed by atoms with Gasteiger partial charge in [0.15, 0.2) is 5.17 Å². The zero-order valence-electron chi connectivity index (χ0n) is 15.8. The van der Waals surface area contributed by atoms with E-state index in [1.165, 1.54) is 37.0 Å². The van der Waals surface area contributed by atoms with Gasteiger partial charge < -0.3 is 5.73 Å². The van der Waals surface area contributed by atoms with Gasteiger partial charge in [0.1, 0.15) is 6.07 Å². The number of nitriles is 1. The van der Waals surface area contributed by atoms with Crippen LogP contribution < -0.4 is 5.73 Å². The third-order valence-electron chi connectivity index (χ3n) is 5.00. The van der Waals surface area contributed by atoms with Gasteiger partial charge in [-0.25, -0.2) is 0 Å². The van der Waals surface area contributed by atoms with E-state index < -0.39 is 0 Å². The highest BCUT2D eigenvalue weighted by atomic mass is 32.2. The van der Waals surface area contributed by atoms with Crippen LogP contribution >= 0.6 is 23.1 Å². The second-order valence-corrected chi connectivity index (χ2v) is 9.24. The summed E-state index contributed by atoms with van der Waals surface area (Å²) in [5, 5.41) is 11.9. The van der Waals surface area contributed by atoms with E-state index in [0.717, 1.165) is 29.7 Å². The summed E-state index contributed by atoms with van der Waals surface area (Å²) >= 11 is 3.40. The van der Waals surface area contributed by atoms with Crippen molar-refractivity contribution in [1.29, 1.82) is 5.26 Å². The lowest BCUT2D eigenvalue weighted by Gasteiger charge is -2.25. The molecule has 4 nitrogen and oxygen atoms in total. The van der Waals surface area contributed by atoms with Crippen LogP contribution in [0.25, 0.3) is 11.1 Å². The Morgan fingerprint density at radius 3 is 2.67 bits per heavy atom. The van der Waals surface area contributed by atoms with Gasteiger partial charge in [-0.15, -0.1) is 11.3 Å². The molecular formula is C21H26N4S2. The fourth-order valence-corrected chi connectivity index (χ4v) is 5.27. The molecule has 3 heterocycles. The summed E-state index contributed by atoms with van der Waals surface area (Å²) in [5.41, 5.74) is 8.61. The first-order valence-corrected chi connectivity index (χ1v) is 11.4. The predicted molar refractivity (Wildman–Crippen MR) is 116 cm³/mol. The molecule has 27 heavy (non-hydrogen) atoms. The molecular weight excluding hydrogens is 372 g/mol. The van der Waals surface area contributed by atoms with Crippen LogP contribution in [0.4, 0.5) is 0 Å². The third kappa shape index (κ3) is 5.33. The van der Waals surface area contributed by atoms with Crippen LogP contribution in [-0.2, 0) is 5.54 Å². The molecule has 0 radical (unpaired) electrons. The molecule has 2 aromatic rings. The molecule has 1 aliphatic heterocycles. The van der Waals surface area contributed by atoms with E-state index in [-0.39, 0.29) is 5.54 Å². The quantitative estimate of drug-likeness (QED) is 0.705. The van der Waals surface area contributed by atoms with Crippen molar-refractivity contribution in [2.24, 2.45) is 10.7 Å². The van der Waals surface area contributed by atoms with Gasteiger partial charge in [-0.2, -0.15) is 5.26 Å². The van der Waals surface area contributed by atoms with Crippen molar-refractivity contribution in [3.05, 3.63) is 40.3 Å². The van der Waals surface area contributed by atoms with Gasteiger partial charge in [0.25, 0.3) is 0 Å². The van der Waals surface area contributed by atoms with Crippen molar-refractivity contribution >= 4 is 28.3 Å². The number of rotatable bonds is 2. The van der Waals surface area contributed by atoms with Gasteiger partial charge in [-0.1, -0.05) is 43.9 Å². The molecule has 3 rings (SSSR count). The number of thioether (sulfide) groups is 1. The average Bonchev–Trinajstić information content (AvgIpc) is 3.17.